The Bertz CT molecular complexity index is 1350. The zero-order valence-electron chi connectivity index (χ0n) is 26.9. The van der Waals surface area contributed by atoms with E-state index in [-0.39, 0.29) is 50.1 Å². The monoisotopic (exact) mass is 690 g/mol. The third-order valence-corrected chi connectivity index (χ3v) is 7.60. The van der Waals surface area contributed by atoms with E-state index in [1.165, 1.54) is 22.0 Å². The molecule has 17 heteroatoms. The fraction of sp³-hybridized carbons (Fsp3) is 0.500. The molecule has 268 valence electrons. The molecule has 2 rings (SSSR count). The standard InChI is InChI=1S/C32H42N4O13/c37-25(4-2-1-3-11-36-26(38)9-10-27(36)39)15-23-7-5-22(6-8-23)14-24(35(20-31(46)47)21-32(48)49)16-33(17-28(40)41)12-13-34(18-29(42)43)19-30(44)45/h5-10,24H,1-4,11-21H2,(H,40,41)(H,42,43)(H,44,45)(H,46,47)(H,48,49)/t24-/m1/s1. The van der Waals surface area contributed by atoms with E-state index in [9.17, 15) is 53.7 Å². The number of carboxylic acid groups (broad SMARTS) is 5. The molecule has 1 aliphatic rings. The summed E-state index contributed by atoms with van der Waals surface area (Å²) in [5.41, 5.74) is 1.36. The van der Waals surface area contributed by atoms with Crippen LogP contribution in [0.1, 0.15) is 36.8 Å². The van der Waals surface area contributed by atoms with Crippen LogP contribution in [0.15, 0.2) is 36.4 Å². The van der Waals surface area contributed by atoms with Crippen molar-refractivity contribution < 1.29 is 63.9 Å². The molecule has 5 N–H and O–H groups in total. The van der Waals surface area contributed by atoms with Crippen LogP contribution in [0.4, 0.5) is 0 Å². The molecule has 0 radical (unpaired) electrons. The fourth-order valence-electron chi connectivity index (χ4n) is 5.38. The Labute approximate surface area is 282 Å². The molecule has 1 atom stereocenters. The Kier molecular flexibility index (Phi) is 16.7. The summed E-state index contributed by atoms with van der Waals surface area (Å²) in [4.78, 5) is 98.0. The van der Waals surface area contributed by atoms with Crippen molar-refractivity contribution >= 4 is 47.4 Å². The number of rotatable bonds is 26. The molecule has 17 nitrogen and oxygen atoms in total. The minimum absolute atomic E-state index is 0.0149. The number of hydrogen-bond donors (Lipinski definition) is 5. The predicted octanol–water partition coefficient (Wildman–Crippen LogP) is -0.476. The number of carbonyl (C=O) groups is 8. The lowest BCUT2D eigenvalue weighted by atomic mass is 9.99. The van der Waals surface area contributed by atoms with E-state index < -0.39 is 68.6 Å². The van der Waals surface area contributed by atoms with E-state index in [1.807, 2.05) is 0 Å². The topological polar surface area (TPSA) is 251 Å². The first-order valence-corrected chi connectivity index (χ1v) is 15.5. The molecule has 0 unspecified atom stereocenters. The summed E-state index contributed by atoms with van der Waals surface area (Å²) in [5.74, 6) is -7.16. The van der Waals surface area contributed by atoms with E-state index in [4.69, 9.17) is 10.2 Å². The second-order valence-electron chi connectivity index (χ2n) is 11.7. The second-order valence-corrected chi connectivity index (χ2v) is 11.7. The number of ketones is 1. The lowest BCUT2D eigenvalue weighted by Crippen LogP contribution is -2.51. The number of amides is 2. The minimum atomic E-state index is -1.31. The van der Waals surface area contributed by atoms with Crippen LogP contribution in [0.25, 0.3) is 0 Å². The highest BCUT2D eigenvalue weighted by Gasteiger charge is 2.27. The number of imide groups is 1. The molecular weight excluding hydrogens is 648 g/mol. The molecule has 0 fully saturated rings. The van der Waals surface area contributed by atoms with Gasteiger partial charge in [0, 0.05) is 57.2 Å². The maximum absolute atomic E-state index is 12.6. The number of Topliss-reactive ketones (excluding diaryl/α,β-unsaturated/α-hetero) is 1. The van der Waals surface area contributed by atoms with Gasteiger partial charge in [-0.05, 0) is 30.4 Å². The van der Waals surface area contributed by atoms with Gasteiger partial charge < -0.3 is 25.5 Å². The summed E-state index contributed by atoms with van der Waals surface area (Å²) in [6, 6.07) is 6.00. The van der Waals surface area contributed by atoms with Gasteiger partial charge in [0.05, 0.1) is 32.7 Å². The Morgan fingerprint density at radius 2 is 1.08 bits per heavy atom. The summed E-state index contributed by atoms with van der Waals surface area (Å²) in [6.45, 7) is -3.24. The number of carboxylic acids is 5. The fourth-order valence-corrected chi connectivity index (χ4v) is 5.38. The molecular formula is C32H42N4O13. The van der Waals surface area contributed by atoms with Gasteiger partial charge in [-0.3, -0.25) is 58.0 Å². The number of hydrogen-bond acceptors (Lipinski definition) is 11. The molecule has 0 saturated heterocycles. The summed E-state index contributed by atoms with van der Waals surface area (Å²) in [7, 11) is 0. The molecule has 0 bridgehead atoms. The first kappa shape index (κ1) is 40.2. The lowest BCUT2D eigenvalue weighted by Gasteiger charge is -2.34. The summed E-state index contributed by atoms with van der Waals surface area (Å²) < 4.78 is 0. The number of carbonyl (C=O) groups excluding carboxylic acids is 3. The van der Waals surface area contributed by atoms with E-state index in [0.29, 0.717) is 43.4 Å². The van der Waals surface area contributed by atoms with Crippen LogP contribution in [0.3, 0.4) is 0 Å². The van der Waals surface area contributed by atoms with Crippen molar-refractivity contribution in [1.29, 1.82) is 0 Å². The van der Waals surface area contributed by atoms with Crippen LogP contribution < -0.4 is 0 Å². The third kappa shape index (κ3) is 16.1. The average molecular weight is 691 g/mol. The Morgan fingerprint density at radius 1 is 0.612 bits per heavy atom. The van der Waals surface area contributed by atoms with Crippen molar-refractivity contribution in [2.45, 2.75) is 44.6 Å². The van der Waals surface area contributed by atoms with Crippen LogP contribution in [0.2, 0.25) is 0 Å². The molecule has 1 aromatic carbocycles. The van der Waals surface area contributed by atoms with Crippen molar-refractivity contribution in [3.8, 4) is 0 Å². The number of benzene rings is 1. The van der Waals surface area contributed by atoms with E-state index in [0.717, 1.165) is 9.80 Å². The lowest BCUT2D eigenvalue weighted by molar-refractivity contribution is -0.144. The summed E-state index contributed by atoms with van der Waals surface area (Å²) in [5, 5.41) is 46.8. The van der Waals surface area contributed by atoms with E-state index in [1.54, 1.807) is 24.3 Å². The first-order valence-electron chi connectivity index (χ1n) is 15.5. The maximum Gasteiger partial charge on any atom is 0.317 e. The quantitative estimate of drug-likeness (QED) is 0.0608. The van der Waals surface area contributed by atoms with Crippen LogP contribution in [-0.2, 0) is 51.2 Å². The average Bonchev–Trinajstić information content (AvgIpc) is 3.30. The van der Waals surface area contributed by atoms with Crippen LogP contribution in [0, 0.1) is 0 Å². The van der Waals surface area contributed by atoms with E-state index in [2.05, 4.69) is 0 Å². The first-order chi connectivity index (χ1) is 23.1. The van der Waals surface area contributed by atoms with Crippen molar-refractivity contribution in [2.24, 2.45) is 0 Å². The Morgan fingerprint density at radius 3 is 1.59 bits per heavy atom. The van der Waals surface area contributed by atoms with Crippen molar-refractivity contribution in [1.82, 2.24) is 19.6 Å². The Balaban J connectivity index is 2.09. The van der Waals surface area contributed by atoms with Crippen LogP contribution in [0.5, 0.6) is 0 Å². The van der Waals surface area contributed by atoms with Crippen LogP contribution in [-0.4, -0.2) is 158 Å². The molecule has 2 amide bonds. The number of unbranched alkanes of at least 4 members (excludes halogenated alkanes) is 2. The van der Waals surface area contributed by atoms with Crippen molar-refractivity contribution in [3.63, 3.8) is 0 Å². The summed E-state index contributed by atoms with van der Waals surface area (Å²) in [6.07, 6.45) is 4.81. The molecule has 0 aliphatic carbocycles. The van der Waals surface area contributed by atoms with Crippen molar-refractivity contribution in [3.05, 3.63) is 47.5 Å². The normalized spacial score (nSPS) is 13.4. The highest BCUT2D eigenvalue weighted by molar-refractivity contribution is 6.12. The van der Waals surface area contributed by atoms with Gasteiger partial charge in [0.1, 0.15) is 5.78 Å². The molecule has 49 heavy (non-hydrogen) atoms. The van der Waals surface area contributed by atoms with Gasteiger partial charge >= 0.3 is 29.8 Å². The summed E-state index contributed by atoms with van der Waals surface area (Å²) >= 11 is 0. The molecule has 0 aromatic heterocycles. The van der Waals surface area contributed by atoms with E-state index >= 15 is 0 Å². The van der Waals surface area contributed by atoms with Gasteiger partial charge in [0.25, 0.3) is 11.8 Å². The molecule has 1 heterocycles. The van der Waals surface area contributed by atoms with Gasteiger partial charge in [-0.1, -0.05) is 30.7 Å². The highest BCUT2D eigenvalue weighted by Crippen LogP contribution is 2.15. The SMILES string of the molecule is O=C(O)CN(CCN(CC(=O)O)C[C@@H](Cc1ccc(CC(=O)CCCCCN2C(=O)C=CC2=O)cc1)N(CC(=O)O)CC(=O)O)CC(=O)O. The molecule has 1 aromatic rings. The van der Waals surface area contributed by atoms with Crippen molar-refractivity contribution in [2.75, 3.05) is 58.9 Å². The highest BCUT2D eigenvalue weighted by atomic mass is 16.4. The van der Waals surface area contributed by atoms with Gasteiger partial charge in [-0.2, -0.15) is 0 Å². The largest absolute Gasteiger partial charge is 0.480 e. The van der Waals surface area contributed by atoms with Gasteiger partial charge in [0.2, 0.25) is 0 Å². The second kappa shape index (κ2) is 20.4. The van der Waals surface area contributed by atoms with Gasteiger partial charge in [0.15, 0.2) is 0 Å². The smallest absolute Gasteiger partial charge is 0.317 e. The molecule has 0 spiro atoms. The molecule has 1 aliphatic heterocycles. The van der Waals surface area contributed by atoms with Crippen LogP contribution >= 0.6 is 0 Å². The zero-order chi connectivity index (χ0) is 36.5. The number of aliphatic carboxylic acids is 5. The zero-order valence-corrected chi connectivity index (χ0v) is 26.9. The third-order valence-electron chi connectivity index (χ3n) is 7.60. The molecule has 0 saturated carbocycles. The van der Waals surface area contributed by atoms with Gasteiger partial charge in [-0.25, -0.2) is 0 Å². The predicted molar refractivity (Wildman–Crippen MR) is 170 cm³/mol. The number of nitrogens with zero attached hydrogens (tertiary/aromatic N) is 4. The minimum Gasteiger partial charge on any atom is -0.480 e. The maximum atomic E-state index is 12.6. The Hall–Kier alpha value is -5.00. The van der Waals surface area contributed by atoms with Gasteiger partial charge in [-0.15, -0.1) is 0 Å².